The van der Waals surface area contributed by atoms with E-state index in [9.17, 15) is 14.5 Å². The van der Waals surface area contributed by atoms with Crippen LogP contribution in [0.1, 0.15) is 12.8 Å². The van der Waals surface area contributed by atoms with Crippen molar-refractivity contribution in [3.05, 3.63) is 33.1 Å². The monoisotopic (exact) mass is 301 g/mol. The SMILES string of the molecule is CNCC1CCCN(c2cc(Cl)c(F)cc2[N+](=O)[O-])C1. The van der Waals surface area contributed by atoms with E-state index in [0.717, 1.165) is 32.0 Å². The van der Waals surface area contributed by atoms with Crippen molar-refractivity contribution in [1.82, 2.24) is 5.32 Å². The van der Waals surface area contributed by atoms with E-state index in [2.05, 4.69) is 5.32 Å². The zero-order valence-electron chi connectivity index (χ0n) is 11.2. The van der Waals surface area contributed by atoms with Crippen LogP contribution in [0.25, 0.3) is 0 Å². The highest BCUT2D eigenvalue weighted by molar-refractivity contribution is 6.31. The molecule has 1 fully saturated rings. The minimum absolute atomic E-state index is 0.0821. The smallest absolute Gasteiger partial charge is 0.295 e. The van der Waals surface area contributed by atoms with Gasteiger partial charge in [-0.05, 0) is 38.4 Å². The first-order valence-corrected chi connectivity index (χ1v) is 6.93. The van der Waals surface area contributed by atoms with Crippen LogP contribution in [0.3, 0.4) is 0 Å². The second-order valence-corrected chi connectivity index (χ2v) is 5.43. The fraction of sp³-hybridized carbons (Fsp3) is 0.538. The Morgan fingerprint density at radius 1 is 1.60 bits per heavy atom. The molecule has 0 spiro atoms. The van der Waals surface area contributed by atoms with Gasteiger partial charge in [0.2, 0.25) is 0 Å². The normalized spacial score (nSPS) is 19.1. The Balaban J connectivity index is 2.31. The molecule has 5 nitrogen and oxygen atoms in total. The van der Waals surface area contributed by atoms with Crippen LogP contribution in [0.4, 0.5) is 15.8 Å². The quantitative estimate of drug-likeness (QED) is 0.686. The predicted octanol–water partition coefficient (Wildman–Crippen LogP) is 2.82. The van der Waals surface area contributed by atoms with Crippen molar-refractivity contribution >= 4 is 23.0 Å². The Bertz CT molecular complexity index is 511. The Morgan fingerprint density at radius 2 is 2.35 bits per heavy atom. The maximum atomic E-state index is 13.4. The number of rotatable bonds is 4. The molecule has 0 saturated carbocycles. The Kier molecular flexibility index (Phi) is 4.77. The molecule has 7 heteroatoms. The summed E-state index contributed by atoms with van der Waals surface area (Å²) in [5, 5.41) is 14.1. The van der Waals surface area contributed by atoms with Gasteiger partial charge in [-0.15, -0.1) is 0 Å². The highest BCUT2D eigenvalue weighted by Gasteiger charge is 2.26. The van der Waals surface area contributed by atoms with Crippen molar-refractivity contribution in [1.29, 1.82) is 0 Å². The second-order valence-electron chi connectivity index (χ2n) is 5.02. The van der Waals surface area contributed by atoms with Crippen LogP contribution >= 0.6 is 11.6 Å². The summed E-state index contributed by atoms with van der Waals surface area (Å²) in [6, 6.07) is 2.26. The maximum Gasteiger partial charge on any atom is 0.295 e. The van der Waals surface area contributed by atoms with Gasteiger partial charge in [0.05, 0.1) is 16.0 Å². The number of hydrogen-bond acceptors (Lipinski definition) is 4. The molecule has 20 heavy (non-hydrogen) atoms. The molecular formula is C13H17ClFN3O2. The summed E-state index contributed by atoms with van der Waals surface area (Å²) in [4.78, 5) is 12.5. The number of benzene rings is 1. The fourth-order valence-corrected chi connectivity index (χ4v) is 2.82. The number of anilines is 1. The van der Waals surface area contributed by atoms with Crippen LogP contribution in [0.5, 0.6) is 0 Å². The highest BCUT2D eigenvalue weighted by Crippen LogP contribution is 2.35. The van der Waals surface area contributed by atoms with Crippen molar-refractivity contribution in [3.63, 3.8) is 0 Å². The van der Waals surface area contributed by atoms with Crippen LogP contribution in [0.2, 0.25) is 5.02 Å². The number of nitro benzene ring substituents is 1. The van der Waals surface area contributed by atoms with Gasteiger partial charge in [-0.1, -0.05) is 11.6 Å². The van der Waals surface area contributed by atoms with E-state index in [0.29, 0.717) is 18.2 Å². The third-order valence-corrected chi connectivity index (χ3v) is 3.86. The van der Waals surface area contributed by atoms with Crippen LogP contribution < -0.4 is 10.2 Å². The lowest BCUT2D eigenvalue weighted by atomic mass is 9.97. The molecule has 110 valence electrons. The van der Waals surface area contributed by atoms with Crippen molar-refractivity contribution < 1.29 is 9.31 Å². The van der Waals surface area contributed by atoms with Gasteiger partial charge in [-0.3, -0.25) is 10.1 Å². The number of nitrogens with one attached hydrogen (secondary N) is 1. The topological polar surface area (TPSA) is 58.4 Å². The number of halogens is 2. The van der Waals surface area contributed by atoms with Crippen LogP contribution in [-0.2, 0) is 0 Å². The van der Waals surface area contributed by atoms with Crippen molar-refractivity contribution in [2.24, 2.45) is 5.92 Å². The molecule has 1 unspecified atom stereocenters. The van der Waals surface area contributed by atoms with Crippen molar-refractivity contribution in [3.8, 4) is 0 Å². The predicted molar refractivity (Wildman–Crippen MR) is 76.9 cm³/mol. The van der Waals surface area contributed by atoms with Gasteiger partial charge in [0.25, 0.3) is 5.69 Å². The molecule has 1 aliphatic rings. The zero-order chi connectivity index (χ0) is 14.7. The molecule has 1 aromatic carbocycles. The summed E-state index contributed by atoms with van der Waals surface area (Å²) in [5.41, 5.74) is 0.180. The first kappa shape index (κ1) is 15.0. The van der Waals surface area contributed by atoms with E-state index in [1.54, 1.807) is 0 Å². The summed E-state index contributed by atoms with van der Waals surface area (Å²) >= 11 is 5.77. The van der Waals surface area contributed by atoms with Gasteiger partial charge in [-0.2, -0.15) is 0 Å². The lowest BCUT2D eigenvalue weighted by Crippen LogP contribution is -2.39. The molecule has 1 atom stereocenters. The summed E-state index contributed by atoms with van der Waals surface area (Å²) in [7, 11) is 1.89. The Morgan fingerprint density at radius 3 is 3.00 bits per heavy atom. The Labute approximate surface area is 121 Å². The summed E-state index contributed by atoms with van der Waals surface area (Å²) in [6.07, 6.45) is 2.04. The van der Waals surface area contributed by atoms with E-state index in [4.69, 9.17) is 11.6 Å². The molecule has 1 heterocycles. The minimum atomic E-state index is -0.758. The minimum Gasteiger partial charge on any atom is -0.366 e. The first-order valence-electron chi connectivity index (χ1n) is 6.56. The molecule has 0 bridgehead atoms. The van der Waals surface area contributed by atoms with E-state index in [1.165, 1.54) is 6.07 Å². The fourth-order valence-electron chi connectivity index (χ4n) is 2.66. The first-order chi connectivity index (χ1) is 9.52. The molecule has 1 N–H and O–H groups in total. The molecule has 0 radical (unpaired) electrons. The van der Waals surface area contributed by atoms with Gasteiger partial charge in [0.1, 0.15) is 11.5 Å². The number of hydrogen-bond donors (Lipinski definition) is 1. The summed E-state index contributed by atoms with van der Waals surface area (Å²) in [6.45, 7) is 2.30. The lowest BCUT2D eigenvalue weighted by molar-refractivity contribution is -0.384. The summed E-state index contributed by atoms with van der Waals surface area (Å²) < 4.78 is 13.4. The van der Waals surface area contributed by atoms with E-state index < -0.39 is 10.7 Å². The number of nitrogens with zero attached hydrogens (tertiary/aromatic N) is 2. The number of nitro groups is 1. The highest BCUT2D eigenvalue weighted by atomic mass is 35.5. The maximum absolute atomic E-state index is 13.4. The van der Waals surface area contributed by atoms with Crippen molar-refractivity contribution in [2.45, 2.75) is 12.8 Å². The lowest BCUT2D eigenvalue weighted by Gasteiger charge is -2.34. The second kappa shape index (κ2) is 6.37. The number of piperidine rings is 1. The van der Waals surface area contributed by atoms with Gasteiger partial charge < -0.3 is 10.2 Å². The van der Waals surface area contributed by atoms with E-state index in [-0.39, 0.29) is 10.7 Å². The van der Waals surface area contributed by atoms with Crippen LogP contribution in [-0.4, -0.2) is 31.6 Å². The zero-order valence-corrected chi connectivity index (χ0v) is 12.0. The molecule has 1 saturated heterocycles. The standard InChI is InChI=1S/C13H17ClFN3O2/c1-16-7-9-3-2-4-17(8-9)12-5-10(14)11(15)6-13(12)18(19)20/h5-6,9,16H,2-4,7-8H2,1H3. The average molecular weight is 302 g/mol. The molecular weight excluding hydrogens is 285 g/mol. The largest absolute Gasteiger partial charge is 0.366 e. The Hall–Kier alpha value is -1.40. The molecule has 1 aromatic rings. The molecule has 0 aromatic heterocycles. The van der Waals surface area contributed by atoms with Gasteiger partial charge in [-0.25, -0.2) is 4.39 Å². The van der Waals surface area contributed by atoms with E-state index in [1.807, 2.05) is 11.9 Å². The third-order valence-electron chi connectivity index (χ3n) is 3.57. The van der Waals surface area contributed by atoms with Crippen molar-refractivity contribution in [2.75, 3.05) is 31.6 Å². The van der Waals surface area contributed by atoms with Gasteiger partial charge in [0, 0.05) is 13.1 Å². The van der Waals surface area contributed by atoms with Crippen LogP contribution in [0, 0.1) is 21.8 Å². The molecule has 2 rings (SSSR count). The van der Waals surface area contributed by atoms with E-state index >= 15 is 0 Å². The molecule has 0 amide bonds. The average Bonchev–Trinajstić information content (AvgIpc) is 2.42. The molecule has 1 aliphatic heterocycles. The summed E-state index contributed by atoms with van der Waals surface area (Å²) in [5.74, 6) is -0.330. The molecule has 0 aliphatic carbocycles. The van der Waals surface area contributed by atoms with Gasteiger partial charge >= 0.3 is 0 Å². The van der Waals surface area contributed by atoms with Gasteiger partial charge in [0.15, 0.2) is 0 Å². The van der Waals surface area contributed by atoms with Crippen LogP contribution in [0.15, 0.2) is 12.1 Å². The third kappa shape index (κ3) is 3.19.